The summed E-state index contributed by atoms with van der Waals surface area (Å²) in [5.41, 5.74) is 6.39. The summed E-state index contributed by atoms with van der Waals surface area (Å²) >= 11 is 2.03. The molecular formula is C9H14N2OS. The van der Waals surface area contributed by atoms with Gasteiger partial charge in [-0.2, -0.15) is 11.8 Å². The molecule has 0 aromatic carbocycles. The zero-order chi connectivity index (χ0) is 9.10. The average Bonchev–Trinajstić information content (AvgIpc) is 2.54. The van der Waals surface area contributed by atoms with Gasteiger partial charge in [0, 0.05) is 11.7 Å². The van der Waals surface area contributed by atoms with Crippen LogP contribution >= 0.6 is 11.8 Å². The van der Waals surface area contributed by atoms with Gasteiger partial charge in [-0.25, -0.2) is 0 Å². The van der Waals surface area contributed by atoms with Crippen LogP contribution in [-0.2, 0) is 6.42 Å². The number of nitrogens with two attached hydrogens (primary N) is 1. The molecule has 1 fully saturated rings. The van der Waals surface area contributed by atoms with Crippen LogP contribution < -0.4 is 5.73 Å². The summed E-state index contributed by atoms with van der Waals surface area (Å²) < 4.78 is 5.08. The lowest BCUT2D eigenvalue weighted by Crippen LogP contribution is -2.12. The molecule has 0 radical (unpaired) electrons. The van der Waals surface area contributed by atoms with E-state index < -0.39 is 0 Å². The second-order valence-corrected chi connectivity index (χ2v) is 4.81. The first-order chi connectivity index (χ1) is 6.36. The van der Waals surface area contributed by atoms with Crippen molar-refractivity contribution in [2.24, 2.45) is 0 Å². The fourth-order valence-electron chi connectivity index (χ4n) is 1.60. The Labute approximate surface area is 82.0 Å². The molecular weight excluding hydrogens is 184 g/mol. The maximum Gasteiger partial charge on any atom is 0.160 e. The molecule has 2 rings (SSSR count). The van der Waals surface area contributed by atoms with Gasteiger partial charge >= 0.3 is 0 Å². The van der Waals surface area contributed by atoms with E-state index in [1.165, 1.54) is 25.0 Å². The summed E-state index contributed by atoms with van der Waals surface area (Å²) in [7, 11) is 0. The van der Waals surface area contributed by atoms with E-state index in [-0.39, 0.29) is 0 Å². The lowest BCUT2D eigenvalue weighted by Gasteiger charge is -2.19. The van der Waals surface area contributed by atoms with Gasteiger partial charge < -0.3 is 10.3 Å². The fraction of sp³-hybridized carbons (Fsp3) is 0.667. The first-order valence-corrected chi connectivity index (χ1v) is 5.72. The molecule has 1 aliphatic rings. The second-order valence-electron chi connectivity index (χ2n) is 3.40. The van der Waals surface area contributed by atoms with E-state index in [1.54, 1.807) is 6.20 Å². The Morgan fingerprint density at radius 1 is 1.62 bits per heavy atom. The number of rotatable bonds is 2. The van der Waals surface area contributed by atoms with Crippen LogP contribution in [0.1, 0.15) is 25.0 Å². The van der Waals surface area contributed by atoms with Gasteiger partial charge in [0.05, 0.1) is 11.9 Å². The van der Waals surface area contributed by atoms with Crippen LogP contribution in [0.25, 0.3) is 0 Å². The lowest BCUT2D eigenvalue weighted by atomic mass is 10.1. The van der Waals surface area contributed by atoms with Crippen molar-refractivity contribution < 1.29 is 4.52 Å². The minimum absolute atomic E-state index is 0.684. The summed E-state index contributed by atoms with van der Waals surface area (Å²) in [6, 6.07) is 0. The largest absolute Gasteiger partial charge is 0.395 e. The molecule has 0 spiro atoms. The van der Waals surface area contributed by atoms with E-state index in [9.17, 15) is 0 Å². The van der Waals surface area contributed by atoms with Crippen LogP contribution in [0, 0.1) is 0 Å². The highest BCUT2D eigenvalue weighted by molar-refractivity contribution is 7.99. The lowest BCUT2D eigenvalue weighted by molar-refractivity contribution is 0.380. The normalized spacial score (nSPS) is 23.2. The van der Waals surface area contributed by atoms with Crippen LogP contribution in [0.3, 0.4) is 0 Å². The van der Waals surface area contributed by atoms with E-state index in [2.05, 4.69) is 5.16 Å². The molecule has 13 heavy (non-hydrogen) atoms. The summed E-state index contributed by atoms with van der Waals surface area (Å²) in [6.07, 6.45) is 6.50. The molecule has 0 bridgehead atoms. The standard InChI is InChI=1S/C9H14N2OS/c10-8-6-11-12-9(8)5-7-3-1-2-4-13-7/h6-7H,1-5,10H2. The van der Waals surface area contributed by atoms with Gasteiger partial charge in [0.15, 0.2) is 5.76 Å². The van der Waals surface area contributed by atoms with Crippen molar-refractivity contribution in [1.82, 2.24) is 5.16 Å². The first kappa shape index (κ1) is 8.94. The highest BCUT2D eigenvalue weighted by Gasteiger charge is 2.17. The molecule has 4 heteroatoms. The third-order valence-corrected chi connectivity index (χ3v) is 3.76. The Balaban J connectivity index is 1.93. The van der Waals surface area contributed by atoms with Gasteiger partial charge in [-0.05, 0) is 18.6 Å². The Hall–Kier alpha value is -0.640. The number of nitrogen functional groups attached to an aromatic ring is 1. The predicted molar refractivity (Wildman–Crippen MR) is 54.7 cm³/mol. The van der Waals surface area contributed by atoms with Gasteiger partial charge in [-0.3, -0.25) is 0 Å². The van der Waals surface area contributed by atoms with Gasteiger partial charge in [-0.1, -0.05) is 11.6 Å². The second kappa shape index (κ2) is 4.05. The average molecular weight is 198 g/mol. The third-order valence-electron chi connectivity index (χ3n) is 2.36. The molecule has 72 valence electrons. The van der Waals surface area contributed by atoms with Crippen molar-refractivity contribution in [3.05, 3.63) is 12.0 Å². The molecule has 0 aliphatic carbocycles. The Bertz CT molecular complexity index is 268. The summed E-state index contributed by atoms with van der Waals surface area (Å²) in [5, 5.41) is 4.36. The minimum Gasteiger partial charge on any atom is -0.395 e. The zero-order valence-electron chi connectivity index (χ0n) is 7.53. The topological polar surface area (TPSA) is 52.0 Å². The minimum atomic E-state index is 0.684. The molecule has 1 aromatic rings. The molecule has 2 N–H and O–H groups in total. The summed E-state index contributed by atoms with van der Waals surface area (Å²) in [5.74, 6) is 2.14. The predicted octanol–water partition coefficient (Wildman–Crippen LogP) is 2.08. The van der Waals surface area contributed by atoms with Crippen LogP contribution in [0.2, 0.25) is 0 Å². The van der Waals surface area contributed by atoms with Crippen LogP contribution in [-0.4, -0.2) is 16.2 Å². The van der Waals surface area contributed by atoms with Gasteiger partial charge in [0.25, 0.3) is 0 Å². The van der Waals surface area contributed by atoms with Crippen LogP contribution in [0.5, 0.6) is 0 Å². The molecule has 0 saturated carbocycles. The summed E-state index contributed by atoms with van der Waals surface area (Å²) in [4.78, 5) is 0. The maximum atomic E-state index is 5.69. The molecule has 3 nitrogen and oxygen atoms in total. The van der Waals surface area contributed by atoms with E-state index in [0.717, 1.165) is 12.2 Å². The number of hydrogen-bond donors (Lipinski definition) is 1. The van der Waals surface area contributed by atoms with Crippen molar-refractivity contribution >= 4 is 17.4 Å². The molecule has 1 unspecified atom stereocenters. The smallest absolute Gasteiger partial charge is 0.160 e. The highest BCUT2D eigenvalue weighted by atomic mass is 32.2. The van der Waals surface area contributed by atoms with Crippen molar-refractivity contribution in [2.45, 2.75) is 30.9 Å². The fourth-order valence-corrected chi connectivity index (χ4v) is 2.91. The maximum absolute atomic E-state index is 5.69. The van der Waals surface area contributed by atoms with Crippen molar-refractivity contribution in [1.29, 1.82) is 0 Å². The third kappa shape index (κ3) is 2.18. The number of nitrogens with zero attached hydrogens (tertiary/aromatic N) is 1. The molecule has 0 amide bonds. The van der Waals surface area contributed by atoms with Crippen molar-refractivity contribution in [2.75, 3.05) is 11.5 Å². The monoisotopic (exact) mass is 198 g/mol. The van der Waals surface area contributed by atoms with E-state index in [1.807, 2.05) is 11.8 Å². The van der Waals surface area contributed by atoms with Crippen molar-refractivity contribution in [3.8, 4) is 0 Å². The quantitative estimate of drug-likeness (QED) is 0.790. The van der Waals surface area contributed by atoms with Gasteiger partial charge in [0.1, 0.15) is 0 Å². The van der Waals surface area contributed by atoms with E-state index >= 15 is 0 Å². The first-order valence-electron chi connectivity index (χ1n) is 4.67. The van der Waals surface area contributed by atoms with E-state index in [0.29, 0.717) is 10.9 Å². The molecule has 1 atom stereocenters. The molecule has 1 saturated heterocycles. The Morgan fingerprint density at radius 2 is 2.54 bits per heavy atom. The van der Waals surface area contributed by atoms with Gasteiger partial charge in [-0.15, -0.1) is 0 Å². The summed E-state index contributed by atoms with van der Waals surface area (Å²) in [6.45, 7) is 0. The number of anilines is 1. The van der Waals surface area contributed by atoms with Crippen LogP contribution in [0.15, 0.2) is 10.7 Å². The van der Waals surface area contributed by atoms with Gasteiger partial charge in [0.2, 0.25) is 0 Å². The molecule has 2 heterocycles. The van der Waals surface area contributed by atoms with E-state index in [4.69, 9.17) is 10.3 Å². The molecule has 1 aromatic heterocycles. The molecule has 1 aliphatic heterocycles. The number of aromatic nitrogens is 1. The Morgan fingerprint density at radius 3 is 3.15 bits per heavy atom. The number of thioether (sulfide) groups is 1. The highest BCUT2D eigenvalue weighted by Crippen LogP contribution is 2.29. The number of hydrogen-bond acceptors (Lipinski definition) is 4. The zero-order valence-corrected chi connectivity index (χ0v) is 8.35. The SMILES string of the molecule is Nc1cnoc1CC1CCCCS1. The Kier molecular flexibility index (Phi) is 2.78. The van der Waals surface area contributed by atoms with Crippen LogP contribution in [0.4, 0.5) is 5.69 Å². The van der Waals surface area contributed by atoms with Crippen molar-refractivity contribution in [3.63, 3.8) is 0 Å².